The molecule has 2 aromatic carbocycles. The number of nitrogens with one attached hydrogen (secondary N) is 1. The van der Waals surface area contributed by atoms with Gasteiger partial charge in [-0.3, -0.25) is 9.69 Å². The Balaban J connectivity index is 1.44. The molecule has 2 aliphatic heterocycles. The second-order valence-electron chi connectivity index (χ2n) is 8.33. The van der Waals surface area contributed by atoms with Crippen LogP contribution in [0.15, 0.2) is 47.4 Å². The quantitative estimate of drug-likeness (QED) is 0.609. The Morgan fingerprint density at radius 1 is 1.09 bits per heavy atom. The Morgan fingerprint density at radius 2 is 1.88 bits per heavy atom. The van der Waals surface area contributed by atoms with Gasteiger partial charge in [-0.2, -0.15) is 4.31 Å². The summed E-state index contributed by atoms with van der Waals surface area (Å²) >= 11 is 0. The van der Waals surface area contributed by atoms with Crippen molar-refractivity contribution in [2.24, 2.45) is 0 Å². The summed E-state index contributed by atoms with van der Waals surface area (Å²) < 4.78 is 43.4. The first-order chi connectivity index (χ1) is 16.4. The summed E-state index contributed by atoms with van der Waals surface area (Å²) in [5, 5.41) is 2.86. The van der Waals surface area contributed by atoms with Crippen LogP contribution < -0.4 is 14.8 Å². The highest BCUT2D eigenvalue weighted by atomic mass is 32.2. The summed E-state index contributed by atoms with van der Waals surface area (Å²) in [5.74, 6) is 1.26. The number of carbonyl (C=O) groups excluding carboxylic acids is 1. The van der Waals surface area contributed by atoms with E-state index < -0.39 is 10.0 Å². The molecule has 0 aliphatic carbocycles. The van der Waals surface area contributed by atoms with Gasteiger partial charge in [0.15, 0.2) is 0 Å². The lowest BCUT2D eigenvalue weighted by atomic mass is 10.0. The topological polar surface area (TPSA) is 97.4 Å². The van der Waals surface area contributed by atoms with Gasteiger partial charge in [0.1, 0.15) is 11.5 Å². The van der Waals surface area contributed by atoms with Gasteiger partial charge < -0.3 is 19.5 Å². The predicted octanol–water partition coefficient (Wildman–Crippen LogP) is 2.50. The number of anilines is 1. The van der Waals surface area contributed by atoms with Crippen molar-refractivity contribution in [2.75, 3.05) is 58.9 Å². The number of nitrogens with zero attached hydrogens (tertiary/aromatic N) is 2. The van der Waals surface area contributed by atoms with Crippen LogP contribution >= 0.6 is 0 Å². The maximum atomic E-state index is 12.9. The van der Waals surface area contributed by atoms with Gasteiger partial charge in [-0.1, -0.05) is 12.1 Å². The fraction of sp³-hybridized carbons (Fsp3) is 0.458. The fourth-order valence-electron chi connectivity index (χ4n) is 4.52. The Bertz CT molecular complexity index is 1120. The minimum absolute atomic E-state index is 0.0552. The zero-order valence-electron chi connectivity index (χ0n) is 19.5. The second-order valence-corrected chi connectivity index (χ2v) is 10.3. The molecule has 2 heterocycles. The molecule has 4 rings (SSSR count). The van der Waals surface area contributed by atoms with Gasteiger partial charge in [-0.05, 0) is 43.7 Å². The minimum atomic E-state index is -3.63. The third-order valence-electron chi connectivity index (χ3n) is 6.24. The highest BCUT2D eigenvalue weighted by Gasteiger charge is 2.30. The standard InChI is InChI=1S/C24H31N3O6S/c1-31-19-8-9-21(23(16-19)32-2)22-7-4-10-26(22)17-24(28)25-18-5-3-6-20(15-18)34(29,30)27-11-13-33-14-12-27/h3,5-6,8-9,15-16,22H,4,7,10-14,17H2,1-2H3,(H,25,28). The molecule has 184 valence electrons. The monoisotopic (exact) mass is 489 g/mol. The van der Waals surface area contributed by atoms with E-state index in [1.165, 1.54) is 10.4 Å². The van der Waals surface area contributed by atoms with Gasteiger partial charge in [0.25, 0.3) is 0 Å². The van der Waals surface area contributed by atoms with E-state index in [0.717, 1.165) is 36.4 Å². The Hall–Kier alpha value is -2.66. The highest BCUT2D eigenvalue weighted by Crippen LogP contribution is 2.38. The summed E-state index contributed by atoms with van der Waals surface area (Å²) in [4.78, 5) is 15.2. The largest absolute Gasteiger partial charge is 0.497 e. The number of ether oxygens (including phenoxy) is 3. The van der Waals surface area contributed by atoms with Crippen molar-refractivity contribution in [3.8, 4) is 11.5 Å². The van der Waals surface area contributed by atoms with Crippen LogP contribution in [0, 0.1) is 0 Å². The number of benzene rings is 2. The van der Waals surface area contributed by atoms with E-state index >= 15 is 0 Å². The normalized spacial score (nSPS) is 19.6. The van der Waals surface area contributed by atoms with Gasteiger partial charge >= 0.3 is 0 Å². The molecule has 2 aromatic rings. The molecule has 0 saturated carbocycles. The van der Waals surface area contributed by atoms with Crippen molar-refractivity contribution in [2.45, 2.75) is 23.8 Å². The van der Waals surface area contributed by atoms with E-state index in [0.29, 0.717) is 32.0 Å². The zero-order valence-corrected chi connectivity index (χ0v) is 20.3. The summed E-state index contributed by atoms with van der Waals surface area (Å²) in [6, 6.07) is 12.2. The van der Waals surface area contributed by atoms with E-state index in [9.17, 15) is 13.2 Å². The smallest absolute Gasteiger partial charge is 0.243 e. The first-order valence-electron chi connectivity index (χ1n) is 11.4. The van der Waals surface area contributed by atoms with Crippen molar-refractivity contribution >= 4 is 21.6 Å². The molecule has 1 unspecified atom stereocenters. The van der Waals surface area contributed by atoms with Gasteiger partial charge in [-0.25, -0.2) is 8.42 Å². The van der Waals surface area contributed by atoms with Crippen molar-refractivity contribution < 1.29 is 27.4 Å². The summed E-state index contributed by atoms with van der Waals surface area (Å²) in [6.45, 7) is 2.39. The van der Waals surface area contributed by atoms with Crippen molar-refractivity contribution in [3.05, 3.63) is 48.0 Å². The number of morpholine rings is 1. The number of amides is 1. The molecule has 0 radical (unpaired) electrons. The number of methoxy groups -OCH3 is 2. The molecule has 10 heteroatoms. The number of rotatable bonds is 8. The molecule has 0 aromatic heterocycles. The summed E-state index contributed by atoms with van der Waals surface area (Å²) in [6.07, 6.45) is 1.89. The van der Waals surface area contributed by atoms with E-state index in [2.05, 4.69) is 10.2 Å². The van der Waals surface area contributed by atoms with Crippen LogP contribution in [0.3, 0.4) is 0 Å². The molecule has 0 bridgehead atoms. The average Bonchev–Trinajstić information content (AvgIpc) is 3.31. The van der Waals surface area contributed by atoms with Crippen molar-refractivity contribution in [1.29, 1.82) is 0 Å². The van der Waals surface area contributed by atoms with Gasteiger partial charge in [0, 0.05) is 36.4 Å². The lowest BCUT2D eigenvalue weighted by Crippen LogP contribution is -2.40. The summed E-state index contributed by atoms with van der Waals surface area (Å²) in [5.41, 5.74) is 1.48. The fourth-order valence-corrected chi connectivity index (χ4v) is 5.97. The number of carbonyl (C=O) groups is 1. The number of hydrogen-bond donors (Lipinski definition) is 1. The third kappa shape index (κ3) is 5.35. The zero-order chi connectivity index (χ0) is 24.1. The van der Waals surface area contributed by atoms with Crippen LogP contribution in [0.4, 0.5) is 5.69 Å². The molecule has 1 atom stereocenters. The lowest BCUT2D eigenvalue weighted by molar-refractivity contribution is -0.117. The molecule has 2 fully saturated rings. The Kier molecular flexibility index (Phi) is 7.72. The van der Waals surface area contributed by atoms with Crippen molar-refractivity contribution in [3.63, 3.8) is 0 Å². The molecule has 2 saturated heterocycles. The highest BCUT2D eigenvalue weighted by molar-refractivity contribution is 7.89. The van der Waals surface area contributed by atoms with E-state index in [4.69, 9.17) is 14.2 Å². The second kappa shape index (κ2) is 10.7. The molecule has 2 aliphatic rings. The predicted molar refractivity (Wildman–Crippen MR) is 128 cm³/mol. The Morgan fingerprint density at radius 3 is 2.62 bits per heavy atom. The molecule has 1 amide bonds. The Labute approximate surface area is 200 Å². The number of likely N-dealkylation sites (tertiary alicyclic amines) is 1. The lowest BCUT2D eigenvalue weighted by Gasteiger charge is -2.26. The van der Waals surface area contributed by atoms with E-state index in [1.54, 1.807) is 32.4 Å². The van der Waals surface area contributed by atoms with Crippen LogP contribution in [0.1, 0.15) is 24.4 Å². The first kappa shape index (κ1) is 24.5. The maximum absolute atomic E-state index is 12.9. The maximum Gasteiger partial charge on any atom is 0.243 e. The summed E-state index contributed by atoms with van der Waals surface area (Å²) in [7, 11) is -0.393. The van der Waals surface area contributed by atoms with Gasteiger partial charge in [-0.15, -0.1) is 0 Å². The molecular weight excluding hydrogens is 458 g/mol. The molecule has 1 N–H and O–H groups in total. The van der Waals surface area contributed by atoms with Crippen LogP contribution in [0.25, 0.3) is 0 Å². The van der Waals surface area contributed by atoms with Crippen molar-refractivity contribution in [1.82, 2.24) is 9.21 Å². The number of hydrogen-bond acceptors (Lipinski definition) is 7. The average molecular weight is 490 g/mol. The molecule has 0 spiro atoms. The molecular formula is C24H31N3O6S. The van der Waals surface area contributed by atoms with E-state index in [1.807, 2.05) is 18.2 Å². The first-order valence-corrected chi connectivity index (χ1v) is 12.8. The minimum Gasteiger partial charge on any atom is -0.497 e. The van der Waals surface area contributed by atoms with E-state index in [-0.39, 0.29) is 23.4 Å². The molecule has 34 heavy (non-hydrogen) atoms. The number of sulfonamides is 1. The SMILES string of the molecule is COc1ccc(C2CCCN2CC(=O)Nc2cccc(S(=O)(=O)N3CCOCC3)c2)c(OC)c1. The van der Waals surface area contributed by atoms with Crippen LogP contribution in [0.5, 0.6) is 11.5 Å². The third-order valence-corrected chi connectivity index (χ3v) is 8.13. The van der Waals surface area contributed by atoms with Crippen LogP contribution in [-0.4, -0.2) is 77.1 Å². The van der Waals surface area contributed by atoms with Gasteiger partial charge in [0.2, 0.25) is 15.9 Å². The van der Waals surface area contributed by atoms with Crippen LogP contribution in [0.2, 0.25) is 0 Å². The molecule has 9 nitrogen and oxygen atoms in total. The van der Waals surface area contributed by atoms with Crippen LogP contribution in [-0.2, 0) is 19.6 Å². The van der Waals surface area contributed by atoms with Gasteiger partial charge in [0.05, 0.1) is 38.9 Å².